The molecular weight excluding hydrogens is 612 g/mol. The Morgan fingerprint density at radius 2 is 1.39 bits per heavy atom. The van der Waals surface area contributed by atoms with E-state index >= 15 is 0 Å². The Labute approximate surface area is 287 Å². The van der Waals surface area contributed by atoms with Crippen molar-refractivity contribution in [2.75, 3.05) is 13.6 Å². The molecule has 7 nitrogen and oxygen atoms in total. The SMILES string of the molecule is C[C@@H](c1ccccc1)N(C)C[C@H]1C[C@@H](c2ccc(CO)cc2)O[C@@H](c2ccc(-c3cccc(CN4C(=O)c5ccccc5C4=O)c3)cc2)O1. The molecule has 0 aromatic heterocycles. The molecule has 7 rings (SSSR count). The maximum Gasteiger partial charge on any atom is 0.261 e. The molecular formula is C42H40N2O5. The highest BCUT2D eigenvalue weighted by Gasteiger charge is 2.35. The third-order valence-electron chi connectivity index (χ3n) is 9.71. The summed E-state index contributed by atoms with van der Waals surface area (Å²) in [5, 5.41) is 9.57. The van der Waals surface area contributed by atoms with Crippen molar-refractivity contribution in [3.8, 4) is 11.1 Å². The number of aliphatic hydroxyl groups excluding tert-OH is 1. The first kappa shape index (κ1) is 32.6. The minimum atomic E-state index is -0.559. The second-order valence-corrected chi connectivity index (χ2v) is 12.9. The van der Waals surface area contributed by atoms with Gasteiger partial charge in [0.15, 0.2) is 6.29 Å². The quantitative estimate of drug-likeness (QED) is 0.155. The predicted octanol–water partition coefficient (Wildman–Crippen LogP) is 7.88. The zero-order chi connectivity index (χ0) is 33.9. The summed E-state index contributed by atoms with van der Waals surface area (Å²) in [7, 11) is 2.13. The molecule has 5 aromatic carbocycles. The molecule has 0 spiro atoms. The monoisotopic (exact) mass is 652 g/mol. The molecule has 2 aliphatic heterocycles. The van der Waals surface area contributed by atoms with Gasteiger partial charge in [-0.2, -0.15) is 0 Å². The number of carbonyl (C=O) groups is 2. The zero-order valence-corrected chi connectivity index (χ0v) is 27.7. The van der Waals surface area contributed by atoms with Gasteiger partial charge in [-0.25, -0.2) is 0 Å². The van der Waals surface area contributed by atoms with Crippen molar-refractivity contribution in [3.05, 3.63) is 166 Å². The van der Waals surface area contributed by atoms with Crippen LogP contribution >= 0.6 is 0 Å². The summed E-state index contributed by atoms with van der Waals surface area (Å²) >= 11 is 0. The van der Waals surface area contributed by atoms with Crippen LogP contribution in [0.25, 0.3) is 11.1 Å². The average Bonchev–Trinajstić information content (AvgIpc) is 3.39. The van der Waals surface area contributed by atoms with Crippen LogP contribution in [0.5, 0.6) is 0 Å². The van der Waals surface area contributed by atoms with E-state index in [1.165, 1.54) is 10.5 Å². The molecule has 0 bridgehead atoms. The number of rotatable bonds is 10. The minimum absolute atomic E-state index is 0.000355. The predicted molar refractivity (Wildman–Crippen MR) is 188 cm³/mol. The molecule has 1 saturated heterocycles. The molecule has 2 amide bonds. The van der Waals surface area contributed by atoms with Crippen molar-refractivity contribution in [2.45, 2.75) is 51.0 Å². The fourth-order valence-electron chi connectivity index (χ4n) is 6.75. The number of aliphatic hydroxyl groups is 1. The zero-order valence-electron chi connectivity index (χ0n) is 27.7. The van der Waals surface area contributed by atoms with Crippen LogP contribution in [0.1, 0.15) is 80.3 Å². The van der Waals surface area contributed by atoms with Gasteiger partial charge in [0.05, 0.1) is 36.5 Å². The largest absolute Gasteiger partial charge is 0.392 e. The number of ether oxygens (including phenoxy) is 2. The summed E-state index contributed by atoms with van der Waals surface area (Å²) in [5.41, 5.74) is 7.88. The first-order chi connectivity index (χ1) is 23.9. The first-order valence-corrected chi connectivity index (χ1v) is 16.8. The third-order valence-corrected chi connectivity index (χ3v) is 9.71. The van der Waals surface area contributed by atoms with Crippen LogP contribution in [-0.4, -0.2) is 46.4 Å². The van der Waals surface area contributed by atoms with E-state index in [4.69, 9.17) is 9.47 Å². The van der Waals surface area contributed by atoms with Gasteiger partial charge >= 0.3 is 0 Å². The summed E-state index contributed by atoms with van der Waals surface area (Å²) in [6, 6.07) is 41.8. The number of likely N-dealkylation sites (N-methyl/N-ethyl adjacent to an activating group) is 1. The van der Waals surface area contributed by atoms with Gasteiger partial charge in [-0.05, 0) is 65.6 Å². The summed E-state index contributed by atoms with van der Waals surface area (Å²) in [6.45, 7) is 3.16. The summed E-state index contributed by atoms with van der Waals surface area (Å²) in [5.74, 6) is -0.519. The minimum Gasteiger partial charge on any atom is -0.392 e. The Hall–Kier alpha value is -4.92. The van der Waals surface area contributed by atoms with E-state index in [2.05, 4.69) is 55.3 Å². The highest BCUT2D eigenvalue weighted by atomic mass is 16.7. The lowest BCUT2D eigenvalue weighted by Crippen LogP contribution is -2.38. The van der Waals surface area contributed by atoms with E-state index in [9.17, 15) is 14.7 Å². The van der Waals surface area contributed by atoms with E-state index in [1.807, 2.05) is 66.7 Å². The maximum absolute atomic E-state index is 12.9. The lowest BCUT2D eigenvalue weighted by molar-refractivity contribution is -0.253. The number of amides is 2. The van der Waals surface area contributed by atoms with Crippen LogP contribution in [0.15, 0.2) is 127 Å². The van der Waals surface area contributed by atoms with Gasteiger partial charge in [-0.3, -0.25) is 19.4 Å². The molecule has 0 radical (unpaired) electrons. The van der Waals surface area contributed by atoms with Crippen molar-refractivity contribution < 1.29 is 24.2 Å². The first-order valence-electron chi connectivity index (χ1n) is 16.8. The molecule has 1 N–H and O–H groups in total. The molecule has 4 atom stereocenters. The molecule has 7 heteroatoms. The second kappa shape index (κ2) is 14.3. The van der Waals surface area contributed by atoms with Crippen LogP contribution in [0.2, 0.25) is 0 Å². The fraction of sp³-hybridized carbons (Fsp3) is 0.238. The number of imide groups is 1. The molecule has 1 fully saturated rings. The van der Waals surface area contributed by atoms with Crippen molar-refractivity contribution in [3.63, 3.8) is 0 Å². The van der Waals surface area contributed by atoms with Crippen molar-refractivity contribution in [2.24, 2.45) is 0 Å². The van der Waals surface area contributed by atoms with Gasteiger partial charge in [0.25, 0.3) is 11.8 Å². The van der Waals surface area contributed by atoms with E-state index in [1.54, 1.807) is 24.3 Å². The summed E-state index contributed by atoms with van der Waals surface area (Å²) < 4.78 is 13.2. The lowest BCUT2D eigenvalue weighted by atomic mass is 9.98. The highest BCUT2D eigenvalue weighted by Crippen LogP contribution is 2.39. The van der Waals surface area contributed by atoms with Crippen LogP contribution < -0.4 is 0 Å². The molecule has 248 valence electrons. The van der Waals surface area contributed by atoms with E-state index in [-0.39, 0.29) is 43.2 Å². The highest BCUT2D eigenvalue weighted by molar-refractivity contribution is 6.21. The Morgan fingerprint density at radius 1 is 0.735 bits per heavy atom. The number of fused-ring (bicyclic) bond motifs is 1. The normalized spacial score (nSPS) is 19.7. The number of benzene rings is 5. The smallest absolute Gasteiger partial charge is 0.261 e. The van der Waals surface area contributed by atoms with E-state index < -0.39 is 6.29 Å². The number of hydrogen-bond donors (Lipinski definition) is 1. The van der Waals surface area contributed by atoms with Gasteiger partial charge in [0, 0.05) is 24.6 Å². The van der Waals surface area contributed by atoms with Gasteiger partial charge in [0.2, 0.25) is 0 Å². The van der Waals surface area contributed by atoms with Gasteiger partial charge in [0.1, 0.15) is 0 Å². The lowest BCUT2D eigenvalue weighted by Gasteiger charge is -2.39. The molecule has 0 saturated carbocycles. The standard InChI is InChI=1S/C42H40N2O5/c1-28(31-10-4-3-5-11-31)43(2)26-36-24-39(33-17-15-29(27-45)16-18-33)49-42(48-36)34-21-19-32(20-22-34)35-12-8-9-30(23-35)25-44-40(46)37-13-6-7-14-38(37)41(44)47/h3-23,28,36,39,42,45H,24-27H2,1-2H3/t28-,36+,39-,42-/m0/s1. The van der Waals surface area contributed by atoms with Crippen LogP contribution in [0.3, 0.4) is 0 Å². The Morgan fingerprint density at radius 3 is 2.06 bits per heavy atom. The average molecular weight is 653 g/mol. The Balaban J connectivity index is 1.08. The second-order valence-electron chi connectivity index (χ2n) is 12.9. The number of hydrogen-bond acceptors (Lipinski definition) is 6. The Bertz CT molecular complexity index is 1890. The summed E-state index contributed by atoms with van der Waals surface area (Å²) in [6.07, 6.45) is -0.0963. The van der Waals surface area contributed by atoms with Crippen LogP contribution in [0, 0.1) is 0 Å². The molecule has 5 aromatic rings. The topological polar surface area (TPSA) is 79.3 Å². The fourth-order valence-corrected chi connectivity index (χ4v) is 6.75. The molecule has 2 aliphatic rings. The van der Waals surface area contributed by atoms with Gasteiger partial charge in [-0.15, -0.1) is 0 Å². The molecule has 2 heterocycles. The van der Waals surface area contributed by atoms with Gasteiger partial charge < -0.3 is 14.6 Å². The van der Waals surface area contributed by atoms with Gasteiger partial charge in [-0.1, -0.05) is 109 Å². The maximum atomic E-state index is 12.9. The molecule has 0 unspecified atom stereocenters. The molecule has 0 aliphatic carbocycles. The number of nitrogens with zero attached hydrogens (tertiary/aromatic N) is 2. The van der Waals surface area contributed by atoms with Crippen molar-refractivity contribution in [1.82, 2.24) is 9.80 Å². The summed E-state index contributed by atoms with van der Waals surface area (Å²) in [4.78, 5) is 29.5. The van der Waals surface area contributed by atoms with E-state index in [0.717, 1.165) is 39.9 Å². The third kappa shape index (κ3) is 6.98. The van der Waals surface area contributed by atoms with Crippen molar-refractivity contribution in [1.29, 1.82) is 0 Å². The molecule has 49 heavy (non-hydrogen) atoms. The van der Waals surface area contributed by atoms with Crippen LogP contribution in [0.4, 0.5) is 0 Å². The van der Waals surface area contributed by atoms with E-state index in [0.29, 0.717) is 17.5 Å². The Kier molecular flexibility index (Phi) is 9.51. The number of carbonyl (C=O) groups excluding carboxylic acids is 2. The van der Waals surface area contributed by atoms with Crippen LogP contribution in [-0.2, 0) is 22.6 Å². The van der Waals surface area contributed by atoms with Crippen molar-refractivity contribution >= 4 is 11.8 Å².